The number of halogens is 1. The van der Waals surface area contributed by atoms with Crippen LogP contribution in [0, 0.1) is 0 Å². The fraction of sp³-hybridized carbons (Fsp3) is 0.133. The van der Waals surface area contributed by atoms with Gasteiger partial charge in [0.25, 0.3) is 0 Å². The Balaban J connectivity index is 1.93. The van der Waals surface area contributed by atoms with Gasteiger partial charge in [0.2, 0.25) is 5.91 Å². The van der Waals surface area contributed by atoms with Gasteiger partial charge in [-0.1, -0.05) is 60.7 Å². The second-order valence-corrected chi connectivity index (χ2v) is 4.41. The number of hydrogen-bond acceptors (Lipinski definition) is 1. The van der Waals surface area contributed by atoms with Crippen molar-refractivity contribution >= 4 is 17.5 Å². The van der Waals surface area contributed by atoms with Gasteiger partial charge in [-0.15, -0.1) is 11.6 Å². The van der Waals surface area contributed by atoms with Gasteiger partial charge in [-0.05, 0) is 11.1 Å². The summed E-state index contributed by atoms with van der Waals surface area (Å²) in [5, 5.41) is 2.18. The van der Waals surface area contributed by atoms with Crippen LogP contribution < -0.4 is 5.32 Å². The molecule has 1 amide bonds. The highest BCUT2D eigenvalue weighted by atomic mass is 35.5. The largest absolute Gasteiger partial charge is 0.350 e. The van der Waals surface area contributed by atoms with Gasteiger partial charge >= 0.3 is 0 Å². The van der Waals surface area contributed by atoms with Gasteiger partial charge in [-0.3, -0.25) is 4.79 Å². The first-order valence-corrected chi connectivity index (χ1v) is 6.21. The number of nitrogens with one attached hydrogen (secondary N) is 1. The molecule has 0 aromatic heterocycles. The highest BCUT2D eigenvalue weighted by molar-refractivity contribution is 6.30. The first-order valence-electron chi connectivity index (χ1n) is 5.78. The van der Waals surface area contributed by atoms with E-state index < -0.39 is 5.38 Å². The van der Waals surface area contributed by atoms with E-state index in [1.54, 1.807) is 0 Å². The van der Waals surface area contributed by atoms with Crippen LogP contribution in [0.2, 0.25) is 0 Å². The lowest BCUT2D eigenvalue weighted by molar-refractivity contribution is -0.121. The Morgan fingerprint density at radius 1 is 1.00 bits per heavy atom. The van der Waals surface area contributed by atoms with Crippen molar-refractivity contribution in [2.75, 3.05) is 0 Å². The van der Waals surface area contributed by atoms with Crippen LogP contribution in [0.15, 0.2) is 60.7 Å². The molecule has 0 radical (unpaired) electrons. The zero-order valence-electron chi connectivity index (χ0n) is 9.84. The Kier molecular flexibility index (Phi) is 4.37. The van der Waals surface area contributed by atoms with E-state index in [0.29, 0.717) is 6.54 Å². The molecule has 0 saturated carbocycles. The molecular formula is C15H14ClNO. The van der Waals surface area contributed by atoms with Crippen molar-refractivity contribution in [3.8, 4) is 0 Å². The average molecular weight is 260 g/mol. The van der Waals surface area contributed by atoms with E-state index in [9.17, 15) is 4.79 Å². The Hall–Kier alpha value is -1.80. The highest BCUT2D eigenvalue weighted by Gasteiger charge is 2.16. The van der Waals surface area contributed by atoms with Crippen molar-refractivity contribution in [1.82, 2.24) is 5.32 Å². The Labute approximate surface area is 112 Å². The summed E-state index contributed by atoms with van der Waals surface area (Å²) >= 11 is 6.11. The SMILES string of the molecule is O=C(NCc1ccccc1)[C@H](Cl)c1ccccc1. The summed E-state index contributed by atoms with van der Waals surface area (Å²) in [4.78, 5) is 11.9. The molecule has 0 aliphatic heterocycles. The Morgan fingerprint density at radius 2 is 1.56 bits per heavy atom. The van der Waals surface area contributed by atoms with Crippen LogP contribution in [0.5, 0.6) is 0 Å². The van der Waals surface area contributed by atoms with Crippen LogP contribution >= 0.6 is 11.6 Å². The second-order valence-electron chi connectivity index (χ2n) is 3.98. The van der Waals surface area contributed by atoms with Gasteiger partial charge in [0.15, 0.2) is 0 Å². The molecule has 2 nitrogen and oxygen atoms in total. The molecule has 2 rings (SSSR count). The average Bonchev–Trinajstić information content (AvgIpc) is 2.46. The molecule has 92 valence electrons. The van der Waals surface area contributed by atoms with Gasteiger partial charge < -0.3 is 5.32 Å². The minimum Gasteiger partial charge on any atom is -0.350 e. The standard InChI is InChI=1S/C15H14ClNO/c16-14(13-9-5-2-6-10-13)15(18)17-11-12-7-3-1-4-8-12/h1-10,14H,11H2,(H,17,18)/t14-/m1/s1. The smallest absolute Gasteiger partial charge is 0.242 e. The molecule has 18 heavy (non-hydrogen) atoms. The van der Waals surface area contributed by atoms with Crippen LogP contribution in [0.3, 0.4) is 0 Å². The summed E-state index contributed by atoms with van der Waals surface area (Å²) in [6.45, 7) is 0.496. The normalized spacial score (nSPS) is 11.8. The molecule has 3 heteroatoms. The molecule has 0 bridgehead atoms. The van der Waals surface area contributed by atoms with E-state index in [2.05, 4.69) is 5.32 Å². The number of carbonyl (C=O) groups is 1. The van der Waals surface area contributed by atoms with Gasteiger partial charge in [0.1, 0.15) is 5.38 Å². The molecule has 1 N–H and O–H groups in total. The Morgan fingerprint density at radius 3 is 2.17 bits per heavy atom. The fourth-order valence-electron chi connectivity index (χ4n) is 1.65. The third-order valence-electron chi connectivity index (χ3n) is 2.63. The molecule has 0 saturated heterocycles. The molecule has 2 aromatic rings. The number of benzene rings is 2. The quantitative estimate of drug-likeness (QED) is 0.839. The van der Waals surface area contributed by atoms with Crippen molar-refractivity contribution in [3.05, 3.63) is 71.8 Å². The van der Waals surface area contributed by atoms with Crippen LogP contribution in [0.25, 0.3) is 0 Å². The Bertz CT molecular complexity index is 498. The van der Waals surface area contributed by atoms with Crippen LogP contribution in [-0.4, -0.2) is 5.91 Å². The third kappa shape index (κ3) is 3.34. The number of carbonyl (C=O) groups excluding carboxylic acids is 1. The molecule has 0 aliphatic rings. The molecule has 1 atom stereocenters. The number of alkyl halides is 1. The first kappa shape index (κ1) is 12.7. The predicted octanol–water partition coefficient (Wildman–Crippen LogP) is 3.28. The van der Waals surface area contributed by atoms with E-state index in [-0.39, 0.29) is 5.91 Å². The van der Waals surface area contributed by atoms with Gasteiger partial charge in [-0.2, -0.15) is 0 Å². The molecule has 0 heterocycles. The van der Waals surface area contributed by atoms with E-state index in [1.165, 1.54) is 0 Å². The predicted molar refractivity (Wildman–Crippen MR) is 73.3 cm³/mol. The van der Waals surface area contributed by atoms with Crippen molar-refractivity contribution < 1.29 is 4.79 Å². The molecule has 0 unspecified atom stereocenters. The molecule has 2 aromatic carbocycles. The lowest BCUT2D eigenvalue weighted by Gasteiger charge is -2.10. The third-order valence-corrected chi connectivity index (χ3v) is 3.08. The maximum absolute atomic E-state index is 11.9. The highest BCUT2D eigenvalue weighted by Crippen LogP contribution is 2.19. The van der Waals surface area contributed by atoms with Crippen LogP contribution in [0.1, 0.15) is 16.5 Å². The first-order chi connectivity index (χ1) is 8.77. The van der Waals surface area contributed by atoms with E-state index in [0.717, 1.165) is 11.1 Å². The maximum Gasteiger partial charge on any atom is 0.242 e. The summed E-state index contributed by atoms with van der Waals surface area (Å²) in [6.07, 6.45) is 0. The minimum absolute atomic E-state index is 0.174. The summed E-state index contributed by atoms with van der Waals surface area (Å²) in [6, 6.07) is 19.1. The van der Waals surface area contributed by atoms with Gasteiger partial charge in [0.05, 0.1) is 0 Å². The van der Waals surface area contributed by atoms with E-state index in [4.69, 9.17) is 11.6 Å². The summed E-state index contributed by atoms with van der Waals surface area (Å²) < 4.78 is 0. The number of amides is 1. The van der Waals surface area contributed by atoms with Gasteiger partial charge in [0, 0.05) is 6.54 Å². The lowest BCUT2D eigenvalue weighted by Crippen LogP contribution is -2.26. The molecular weight excluding hydrogens is 246 g/mol. The van der Waals surface area contributed by atoms with Gasteiger partial charge in [-0.25, -0.2) is 0 Å². The van der Waals surface area contributed by atoms with E-state index >= 15 is 0 Å². The number of hydrogen-bond donors (Lipinski definition) is 1. The minimum atomic E-state index is -0.644. The van der Waals surface area contributed by atoms with Crippen molar-refractivity contribution in [3.63, 3.8) is 0 Å². The van der Waals surface area contributed by atoms with Crippen molar-refractivity contribution in [2.45, 2.75) is 11.9 Å². The van der Waals surface area contributed by atoms with E-state index in [1.807, 2.05) is 60.7 Å². The van der Waals surface area contributed by atoms with Crippen molar-refractivity contribution in [1.29, 1.82) is 0 Å². The summed E-state index contributed by atoms with van der Waals surface area (Å²) in [5.74, 6) is -0.174. The second kappa shape index (κ2) is 6.22. The van der Waals surface area contributed by atoms with Crippen molar-refractivity contribution in [2.24, 2.45) is 0 Å². The zero-order valence-corrected chi connectivity index (χ0v) is 10.6. The lowest BCUT2D eigenvalue weighted by atomic mass is 10.1. The topological polar surface area (TPSA) is 29.1 Å². The van der Waals surface area contributed by atoms with Crippen LogP contribution in [-0.2, 0) is 11.3 Å². The summed E-state index contributed by atoms with van der Waals surface area (Å²) in [7, 11) is 0. The summed E-state index contributed by atoms with van der Waals surface area (Å²) in [5.41, 5.74) is 1.87. The van der Waals surface area contributed by atoms with Crippen LogP contribution in [0.4, 0.5) is 0 Å². The molecule has 0 fully saturated rings. The molecule has 0 aliphatic carbocycles. The fourth-order valence-corrected chi connectivity index (χ4v) is 1.87. The maximum atomic E-state index is 11.9. The number of rotatable bonds is 4. The molecule has 0 spiro atoms. The zero-order chi connectivity index (χ0) is 12.8. The monoisotopic (exact) mass is 259 g/mol.